The molecule has 0 aliphatic carbocycles. The van der Waals surface area contributed by atoms with E-state index in [1.165, 1.54) is 154 Å². The van der Waals surface area contributed by atoms with Gasteiger partial charge in [-0.25, -0.2) is 19.4 Å². The van der Waals surface area contributed by atoms with Crippen LogP contribution in [0.5, 0.6) is 0 Å². The van der Waals surface area contributed by atoms with Gasteiger partial charge in [-0.15, -0.1) is 0 Å². The number of carbonyl (C=O) groups excluding carboxylic acids is 2. The molecule has 0 bridgehead atoms. The Morgan fingerprint density at radius 2 is 0.705 bits per heavy atom. The van der Waals surface area contributed by atoms with Gasteiger partial charge in [0.05, 0.1) is 12.3 Å². The van der Waals surface area contributed by atoms with Gasteiger partial charge in [-0.3, -0.25) is 0 Å². The van der Waals surface area contributed by atoms with Crippen LogP contribution in [0.25, 0.3) is 0 Å². The molecule has 0 aromatic heterocycles. The summed E-state index contributed by atoms with van der Waals surface area (Å²) >= 11 is 0. The largest absolute Gasteiger partial charge is 0.358 e. The van der Waals surface area contributed by atoms with Crippen molar-refractivity contribution in [1.82, 2.24) is 0 Å². The Morgan fingerprint density at radius 1 is 0.386 bits per heavy atom. The molecule has 0 saturated heterocycles. The monoisotopic (exact) mass is 623 g/mol. The van der Waals surface area contributed by atoms with Crippen molar-refractivity contribution < 1.29 is 19.4 Å². The Hall–Kier alpha value is -1.06. The van der Waals surface area contributed by atoms with E-state index in [-0.39, 0.29) is 11.9 Å². The normalized spacial score (nSPS) is 12.1. The van der Waals surface area contributed by atoms with E-state index in [0.717, 1.165) is 50.9 Å². The highest BCUT2D eigenvalue weighted by Crippen LogP contribution is 2.25. The molecule has 0 aromatic carbocycles. The Labute approximate surface area is 275 Å². The van der Waals surface area contributed by atoms with E-state index in [9.17, 15) is 9.59 Å². The van der Waals surface area contributed by atoms with Gasteiger partial charge in [0, 0.05) is 0 Å². The van der Waals surface area contributed by atoms with Crippen molar-refractivity contribution in [3.8, 4) is 0 Å². The third-order valence-electron chi connectivity index (χ3n) is 9.54. The van der Waals surface area contributed by atoms with Crippen LogP contribution < -0.4 is 0 Å². The molecule has 44 heavy (non-hydrogen) atoms. The van der Waals surface area contributed by atoms with Crippen molar-refractivity contribution in [2.75, 3.05) is 0 Å². The minimum atomic E-state index is -0.407. The zero-order chi connectivity index (χ0) is 32.4. The van der Waals surface area contributed by atoms with Gasteiger partial charge in [-0.1, -0.05) is 207 Å². The molecule has 4 heteroatoms. The average molecular weight is 623 g/mol. The van der Waals surface area contributed by atoms with E-state index in [1.54, 1.807) is 0 Å². The molecule has 0 fully saturated rings. The van der Waals surface area contributed by atoms with Crippen molar-refractivity contribution >= 4 is 11.9 Å². The smallest absolute Gasteiger partial charge is 0.247 e. The molecular weight excluding hydrogens is 544 g/mol. The van der Waals surface area contributed by atoms with Crippen LogP contribution in [0.2, 0.25) is 0 Å². The molecule has 0 aliphatic heterocycles. The SMILES string of the molecule is CCCCCCCCCCCCCC(CCCCCCC(CCCCC)CCCCC)C(=O)OOC(=O)CCCCCCC. The third-order valence-corrected chi connectivity index (χ3v) is 9.54. The molecule has 0 radical (unpaired) electrons. The van der Waals surface area contributed by atoms with Crippen molar-refractivity contribution in [2.24, 2.45) is 11.8 Å². The maximum absolute atomic E-state index is 12.9. The van der Waals surface area contributed by atoms with Crippen LogP contribution in [0.15, 0.2) is 0 Å². The molecule has 0 amide bonds. The minimum absolute atomic E-state index is 0.151. The predicted octanol–water partition coefficient (Wildman–Crippen LogP) is 13.8. The first-order chi connectivity index (χ1) is 21.6. The van der Waals surface area contributed by atoms with Gasteiger partial charge in [0.1, 0.15) is 0 Å². The number of rotatable bonds is 34. The lowest BCUT2D eigenvalue weighted by Gasteiger charge is -2.17. The topological polar surface area (TPSA) is 52.6 Å². The number of unbranched alkanes of at least 4 members (excludes halogenated alkanes) is 21. The average Bonchev–Trinajstić information content (AvgIpc) is 3.02. The Bertz CT molecular complexity index is 594. The summed E-state index contributed by atoms with van der Waals surface area (Å²) in [6.45, 7) is 9.05. The van der Waals surface area contributed by atoms with E-state index in [0.29, 0.717) is 6.42 Å². The lowest BCUT2D eigenvalue weighted by atomic mass is 9.89. The first-order valence-electron chi connectivity index (χ1n) is 20.0. The van der Waals surface area contributed by atoms with Crippen LogP contribution in [0.1, 0.15) is 233 Å². The molecule has 262 valence electrons. The molecule has 1 atom stereocenters. The Morgan fingerprint density at radius 3 is 1.14 bits per heavy atom. The summed E-state index contributed by atoms with van der Waals surface area (Å²) in [6.07, 6.45) is 38.8. The van der Waals surface area contributed by atoms with Gasteiger partial charge < -0.3 is 0 Å². The molecule has 0 aliphatic rings. The predicted molar refractivity (Wildman–Crippen MR) is 190 cm³/mol. The summed E-state index contributed by atoms with van der Waals surface area (Å²) in [7, 11) is 0. The second-order valence-electron chi connectivity index (χ2n) is 13.9. The molecule has 0 N–H and O–H groups in total. The standard InChI is InChI=1S/C40H78O4/c1-5-9-13-15-16-17-18-19-20-22-28-34-38(40(42)44-43-39(41)36-30-21-14-10-6-2)35-29-24-23-27-33-37(31-25-11-7-3)32-26-12-8-4/h37-38H,5-36H2,1-4H3. The maximum Gasteiger partial charge on any atom is 0.358 e. The molecular formula is C40H78O4. The first kappa shape index (κ1) is 42.9. The number of hydrogen-bond donors (Lipinski definition) is 0. The van der Waals surface area contributed by atoms with Crippen molar-refractivity contribution in [1.29, 1.82) is 0 Å². The fourth-order valence-electron chi connectivity index (χ4n) is 6.48. The van der Waals surface area contributed by atoms with Gasteiger partial charge in [-0.05, 0) is 25.2 Å². The van der Waals surface area contributed by atoms with Crippen molar-refractivity contribution in [3.05, 3.63) is 0 Å². The summed E-state index contributed by atoms with van der Waals surface area (Å²) in [5, 5.41) is 0. The van der Waals surface area contributed by atoms with Gasteiger partial charge in [-0.2, -0.15) is 0 Å². The summed E-state index contributed by atoms with van der Waals surface area (Å²) in [5.41, 5.74) is 0. The van der Waals surface area contributed by atoms with Crippen LogP contribution in [0.4, 0.5) is 0 Å². The van der Waals surface area contributed by atoms with Gasteiger partial charge in [0.2, 0.25) is 0 Å². The summed E-state index contributed by atoms with van der Waals surface area (Å²) in [6, 6.07) is 0. The third kappa shape index (κ3) is 29.6. The highest BCUT2D eigenvalue weighted by atomic mass is 17.2. The van der Waals surface area contributed by atoms with Crippen LogP contribution in [0, 0.1) is 11.8 Å². The second kappa shape index (κ2) is 34.8. The van der Waals surface area contributed by atoms with Gasteiger partial charge >= 0.3 is 11.9 Å². The number of carbonyl (C=O) groups is 2. The molecule has 0 heterocycles. The zero-order valence-corrected chi connectivity index (χ0v) is 30.4. The van der Waals surface area contributed by atoms with E-state index >= 15 is 0 Å². The molecule has 1 unspecified atom stereocenters. The molecule has 0 aromatic rings. The summed E-state index contributed by atoms with van der Waals surface area (Å²) in [4.78, 5) is 35.1. The molecule has 0 spiro atoms. The maximum atomic E-state index is 12.9. The summed E-state index contributed by atoms with van der Waals surface area (Å²) in [5.74, 6) is 0.0130. The second-order valence-corrected chi connectivity index (χ2v) is 13.9. The van der Waals surface area contributed by atoms with Crippen molar-refractivity contribution in [2.45, 2.75) is 233 Å². The lowest BCUT2D eigenvalue weighted by molar-refractivity contribution is -0.262. The fraction of sp³-hybridized carbons (Fsp3) is 0.950. The van der Waals surface area contributed by atoms with Crippen molar-refractivity contribution in [3.63, 3.8) is 0 Å². The molecule has 0 saturated carbocycles. The molecule has 4 nitrogen and oxygen atoms in total. The van der Waals surface area contributed by atoms with Gasteiger partial charge in [0.25, 0.3) is 0 Å². The van der Waals surface area contributed by atoms with Crippen LogP contribution in [-0.2, 0) is 19.4 Å². The highest BCUT2D eigenvalue weighted by molar-refractivity contribution is 5.74. The van der Waals surface area contributed by atoms with Crippen LogP contribution in [-0.4, -0.2) is 11.9 Å². The van der Waals surface area contributed by atoms with E-state index in [2.05, 4.69) is 27.7 Å². The van der Waals surface area contributed by atoms with E-state index in [1.807, 2.05) is 0 Å². The Balaban J connectivity index is 4.46. The fourth-order valence-corrected chi connectivity index (χ4v) is 6.48. The zero-order valence-electron chi connectivity index (χ0n) is 30.4. The Kier molecular flexibility index (Phi) is 34.0. The highest BCUT2D eigenvalue weighted by Gasteiger charge is 2.22. The minimum Gasteiger partial charge on any atom is -0.247 e. The lowest BCUT2D eigenvalue weighted by Crippen LogP contribution is -2.20. The van der Waals surface area contributed by atoms with Gasteiger partial charge in [0.15, 0.2) is 0 Å². The van der Waals surface area contributed by atoms with Crippen LogP contribution in [0.3, 0.4) is 0 Å². The molecule has 0 rings (SSSR count). The van der Waals surface area contributed by atoms with E-state index in [4.69, 9.17) is 9.78 Å². The summed E-state index contributed by atoms with van der Waals surface area (Å²) < 4.78 is 0. The number of hydrogen-bond acceptors (Lipinski definition) is 4. The van der Waals surface area contributed by atoms with E-state index < -0.39 is 5.97 Å². The first-order valence-corrected chi connectivity index (χ1v) is 20.0. The quantitative estimate of drug-likeness (QED) is 0.0407. The van der Waals surface area contributed by atoms with Crippen LogP contribution >= 0.6 is 0 Å².